The zero-order valence-electron chi connectivity index (χ0n) is 33.2. The van der Waals surface area contributed by atoms with E-state index in [1.165, 1.54) is 145 Å². The molecule has 2 aromatic rings. The first-order valence-corrected chi connectivity index (χ1v) is 21.3. The van der Waals surface area contributed by atoms with Crippen molar-refractivity contribution in [3.05, 3.63) is 84.0 Å². The SMILES string of the molecule is CCCCCCC=CCCCc1ccccc1N=C(CCCC)C(CCCCCCCC)=Nc1ccccc1CCCC=CCCCCCC. The molecule has 0 heterocycles. The fourth-order valence-electron chi connectivity index (χ4n) is 6.57. The van der Waals surface area contributed by atoms with E-state index >= 15 is 0 Å². The Labute approximate surface area is 310 Å². The predicted molar refractivity (Wildman–Crippen MR) is 226 cm³/mol. The average molecular weight is 681 g/mol. The lowest BCUT2D eigenvalue weighted by molar-refractivity contribution is 0.616. The molecule has 0 N–H and O–H groups in total. The van der Waals surface area contributed by atoms with Crippen molar-refractivity contribution in [2.24, 2.45) is 9.98 Å². The van der Waals surface area contributed by atoms with Crippen molar-refractivity contribution in [2.75, 3.05) is 0 Å². The van der Waals surface area contributed by atoms with E-state index in [9.17, 15) is 0 Å². The summed E-state index contributed by atoms with van der Waals surface area (Å²) < 4.78 is 0. The van der Waals surface area contributed by atoms with Crippen molar-refractivity contribution in [3.63, 3.8) is 0 Å². The van der Waals surface area contributed by atoms with E-state index in [0.717, 1.165) is 56.3 Å². The van der Waals surface area contributed by atoms with Crippen LogP contribution >= 0.6 is 0 Å². The van der Waals surface area contributed by atoms with Gasteiger partial charge in [-0.25, -0.2) is 0 Å². The molecule has 0 saturated carbocycles. The van der Waals surface area contributed by atoms with Crippen molar-refractivity contribution in [1.29, 1.82) is 0 Å². The smallest absolute Gasteiger partial charge is 0.0665 e. The van der Waals surface area contributed by atoms with E-state index in [-0.39, 0.29) is 0 Å². The summed E-state index contributed by atoms with van der Waals surface area (Å²) in [7, 11) is 0. The largest absolute Gasteiger partial charge is 0.251 e. The van der Waals surface area contributed by atoms with Gasteiger partial charge >= 0.3 is 0 Å². The lowest BCUT2D eigenvalue weighted by Gasteiger charge is -2.14. The van der Waals surface area contributed by atoms with Gasteiger partial charge in [-0.05, 0) is 113 Å². The van der Waals surface area contributed by atoms with Crippen LogP contribution in [0.5, 0.6) is 0 Å². The second kappa shape index (κ2) is 31.0. The van der Waals surface area contributed by atoms with E-state index in [1.807, 2.05) is 0 Å². The van der Waals surface area contributed by atoms with Gasteiger partial charge in [-0.15, -0.1) is 0 Å². The average Bonchev–Trinajstić information content (AvgIpc) is 3.14. The van der Waals surface area contributed by atoms with Crippen LogP contribution in [0, 0.1) is 0 Å². The van der Waals surface area contributed by atoms with E-state index < -0.39 is 0 Å². The number of para-hydroxylation sites is 2. The fourth-order valence-corrected chi connectivity index (χ4v) is 6.57. The molecule has 2 aromatic carbocycles. The molecule has 0 amide bonds. The number of aliphatic imine (C=N–C) groups is 2. The molecule has 0 aliphatic heterocycles. The maximum atomic E-state index is 5.51. The van der Waals surface area contributed by atoms with Crippen molar-refractivity contribution in [3.8, 4) is 0 Å². The van der Waals surface area contributed by atoms with Gasteiger partial charge < -0.3 is 0 Å². The summed E-state index contributed by atoms with van der Waals surface area (Å²) in [5.41, 5.74) is 7.46. The third-order valence-corrected chi connectivity index (χ3v) is 9.78. The highest BCUT2D eigenvalue weighted by atomic mass is 14.8. The number of rotatable bonds is 31. The van der Waals surface area contributed by atoms with Crippen LogP contribution in [-0.4, -0.2) is 11.4 Å². The van der Waals surface area contributed by atoms with E-state index in [0.29, 0.717) is 0 Å². The standard InChI is InChI=1S/C48H76N2/c1-5-9-13-16-19-21-23-25-28-35-43-37-31-33-40-45(43)49-47(39-12-8-4)48(42-30-27-18-15-11-7-3)50-46-41-34-32-38-44(46)36-29-26-24-22-20-17-14-10-6-2/h21-24,31-34,37-38,40-41H,5-20,25-30,35-36,39,42H2,1-4H3. The van der Waals surface area contributed by atoms with Gasteiger partial charge in [0.05, 0.1) is 22.8 Å². The van der Waals surface area contributed by atoms with Crippen molar-refractivity contribution < 1.29 is 0 Å². The lowest BCUT2D eigenvalue weighted by atomic mass is 10.00. The van der Waals surface area contributed by atoms with Crippen LogP contribution in [0.25, 0.3) is 0 Å². The van der Waals surface area contributed by atoms with Crippen LogP contribution in [0.4, 0.5) is 11.4 Å². The lowest BCUT2D eigenvalue weighted by Crippen LogP contribution is -2.15. The second-order valence-electron chi connectivity index (χ2n) is 14.4. The third-order valence-electron chi connectivity index (χ3n) is 9.78. The Morgan fingerprint density at radius 1 is 0.400 bits per heavy atom. The molecular formula is C48H76N2. The van der Waals surface area contributed by atoms with Crippen LogP contribution in [0.15, 0.2) is 82.8 Å². The van der Waals surface area contributed by atoms with Crippen LogP contribution < -0.4 is 0 Å². The zero-order valence-corrected chi connectivity index (χ0v) is 33.2. The number of unbranched alkanes of at least 4 members (excludes halogenated alkanes) is 16. The van der Waals surface area contributed by atoms with Crippen LogP contribution in [-0.2, 0) is 12.8 Å². The van der Waals surface area contributed by atoms with E-state index in [4.69, 9.17) is 9.98 Å². The molecule has 0 atom stereocenters. The number of benzene rings is 2. The van der Waals surface area contributed by atoms with Gasteiger partial charge in [-0.3, -0.25) is 9.98 Å². The highest BCUT2D eigenvalue weighted by Crippen LogP contribution is 2.26. The summed E-state index contributed by atoms with van der Waals surface area (Å²) >= 11 is 0. The minimum Gasteiger partial charge on any atom is -0.251 e. The maximum Gasteiger partial charge on any atom is 0.0665 e. The predicted octanol–water partition coefficient (Wildman–Crippen LogP) is 16.2. The first-order chi connectivity index (χ1) is 24.7. The minimum atomic E-state index is 0.992. The van der Waals surface area contributed by atoms with Crippen LogP contribution in [0.3, 0.4) is 0 Å². The first kappa shape index (κ1) is 43.4. The van der Waals surface area contributed by atoms with E-state index in [1.54, 1.807) is 0 Å². The summed E-state index contributed by atoms with van der Waals surface area (Å²) in [6, 6.07) is 17.8. The number of hydrogen-bond acceptors (Lipinski definition) is 2. The van der Waals surface area contributed by atoms with Gasteiger partial charge in [0.15, 0.2) is 0 Å². The third kappa shape index (κ3) is 20.8. The van der Waals surface area contributed by atoms with Gasteiger partial charge in [0.25, 0.3) is 0 Å². The van der Waals surface area contributed by atoms with Crippen molar-refractivity contribution >= 4 is 22.8 Å². The Kier molecular flexibility index (Phi) is 27.0. The molecular weight excluding hydrogens is 605 g/mol. The Bertz CT molecular complexity index is 1220. The number of nitrogens with zero attached hydrogens (tertiary/aromatic N) is 2. The molecule has 0 aliphatic carbocycles. The molecule has 0 aromatic heterocycles. The molecule has 0 spiro atoms. The van der Waals surface area contributed by atoms with Crippen LogP contribution in [0.1, 0.15) is 193 Å². The molecule has 0 radical (unpaired) electrons. The molecule has 0 bridgehead atoms. The molecule has 50 heavy (non-hydrogen) atoms. The molecule has 0 saturated heterocycles. The van der Waals surface area contributed by atoms with Gasteiger partial charge in [0, 0.05) is 0 Å². The summed E-state index contributed by atoms with van der Waals surface area (Å²) in [6.07, 6.45) is 41.6. The highest BCUT2D eigenvalue weighted by molar-refractivity contribution is 6.43. The topological polar surface area (TPSA) is 24.7 Å². The Hall–Kier alpha value is -2.74. The zero-order chi connectivity index (χ0) is 35.7. The Morgan fingerprint density at radius 2 is 0.760 bits per heavy atom. The molecule has 278 valence electrons. The van der Waals surface area contributed by atoms with Crippen LogP contribution in [0.2, 0.25) is 0 Å². The normalized spacial score (nSPS) is 12.6. The van der Waals surface area contributed by atoms with Gasteiger partial charge in [0.2, 0.25) is 0 Å². The molecule has 0 aliphatic rings. The van der Waals surface area contributed by atoms with Gasteiger partial charge in [-0.1, -0.05) is 165 Å². The fraction of sp³-hybridized carbons (Fsp3) is 0.625. The summed E-state index contributed by atoms with van der Waals surface area (Å²) in [6.45, 7) is 9.16. The maximum absolute atomic E-state index is 5.51. The number of allylic oxidation sites excluding steroid dienone is 4. The molecule has 2 rings (SSSR count). The van der Waals surface area contributed by atoms with Gasteiger partial charge in [-0.2, -0.15) is 0 Å². The summed E-state index contributed by atoms with van der Waals surface area (Å²) in [5.74, 6) is 0. The molecule has 0 fully saturated rings. The minimum absolute atomic E-state index is 0.992. The second-order valence-corrected chi connectivity index (χ2v) is 14.4. The first-order valence-electron chi connectivity index (χ1n) is 21.3. The summed E-state index contributed by atoms with van der Waals surface area (Å²) in [5, 5.41) is 0. The molecule has 2 nitrogen and oxygen atoms in total. The Balaban J connectivity index is 2.25. The van der Waals surface area contributed by atoms with Crippen molar-refractivity contribution in [2.45, 2.75) is 195 Å². The Morgan fingerprint density at radius 3 is 1.22 bits per heavy atom. The number of hydrogen-bond donors (Lipinski definition) is 0. The molecule has 2 heteroatoms. The number of aryl methyl sites for hydroxylation is 2. The monoisotopic (exact) mass is 681 g/mol. The van der Waals surface area contributed by atoms with Gasteiger partial charge in [0.1, 0.15) is 0 Å². The summed E-state index contributed by atoms with van der Waals surface area (Å²) in [4.78, 5) is 11.0. The quantitative estimate of drug-likeness (QED) is 0.0430. The highest BCUT2D eigenvalue weighted by Gasteiger charge is 2.13. The molecule has 0 unspecified atom stereocenters. The van der Waals surface area contributed by atoms with Crippen molar-refractivity contribution in [1.82, 2.24) is 0 Å². The van der Waals surface area contributed by atoms with E-state index in [2.05, 4.69) is 101 Å².